The molecule has 7 heteroatoms. The summed E-state index contributed by atoms with van der Waals surface area (Å²) < 4.78 is 6.50. The van der Waals surface area contributed by atoms with Gasteiger partial charge < -0.3 is 4.74 Å². The Labute approximate surface area is 183 Å². The molecule has 0 bridgehead atoms. The molecule has 1 heterocycles. The predicted octanol–water partition coefficient (Wildman–Crippen LogP) is 5.90. The smallest absolute Gasteiger partial charge is 0.266 e. The van der Waals surface area contributed by atoms with Gasteiger partial charge in [-0.25, -0.2) is 0 Å². The van der Waals surface area contributed by atoms with E-state index >= 15 is 0 Å². The zero-order chi connectivity index (χ0) is 19.9. The van der Waals surface area contributed by atoms with Crippen LogP contribution >= 0.6 is 47.3 Å². The molecule has 3 rings (SSSR count). The minimum atomic E-state index is -0.0944. The van der Waals surface area contributed by atoms with Crippen LogP contribution in [0.15, 0.2) is 71.0 Å². The first kappa shape index (κ1) is 21.0. The normalized spacial score (nSPS) is 15.3. The van der Waals surface area contributed by atoms with Crippen molar-refractivity contribution in [1.29, 1.82) is 0 Å². The fourth-order valence-corrected chi connectivity index (χ4v) is 4.62. The van der Waals surface area contributed by atoms with Gasteiger partial charge in [-0.15, -0.1) is 18.3 Å². The topological polar surface area (TPSA) is 29.5 Å². The van der Waals surface area contributed by atoms with Crippen LogP contribution in [0.1, 0.15) is 5.56 Å². The van der Waals surface area contributed by atoms with Crippen molar-refractivity contribution in [1.82, 2.24) is 4.90 Å². The van der Waals surface area contributed by atoms with E-state index < -0.39 is 0 Å². The third-order valence-electron chi connectivity index (χ3n) is 3.81. The predicted molar refractivity (Wildman–Crippen MR) is 124 cm³/mol. The molecule has 3 nitrogen and oxygen atoms in total. The average Bonchev–Trinajstić information content (AvgIpc) is 2.95. The van der Waals surface area contributed by atoms with Crippen LogP contribution in [0.5, 0.6) is 5.75 Å². The van der Waals surface area contributed by atoms with Gasteiger partial charge in [-0.2, -0.15) is 0 Å². The van der Waals surface area contributed by atoms with E-state index in [1.165, 1.54) is 11.8 Å². The Morgan fingerprint density at radius 1 is 1.21 bits per heavy atom. The summed E-state index contributed by atoms with van der Waals surface area (Å²) in [6.45, 7) is 4.64. The lowest BCUT2D eigenvalue weighted by Crippen LogP contribution is -2.27. The first-order valence-corrected chi connectivity index (χ1v) is 11.1. The molecule has 0 saturated carbocycles. The third kappa shape index (κ3) is 5.41. The van der Waals surface area contributed by atoms with Crippen LogP contribution < -0.4 is 4.74 Å². The molecule has 0 unspecified atom stereocenters. The van der Waals surface area contributed by atoms with Crippen LogP contribution in [-0.4, -0.2) is 34.0 Å². The van der Waals surface area contributed by atoms with Crippen molar-refractivity contribution in [2.24, 2.45) is 0 Å². The fraction of sp³-hybridized carbons (Fsp3) is 0.143. The molecule has 0 aliphatic carbocycles. The molecular formula is C21H18ClNO2S3. The number of halogens is 1. The molecule has 0 atom stereocenters. The molecule has 1 fully saturated rings. The van der Waals surface area contributed by atoms with E-state index in [1.807, 2.05) is 54.6 Å². The molecule has 2 aromatic carbocycles. The van der Waals surface area contributed by atoms with Crippen molar-refractivity contribution in [3.05, 3.63) is 76.7 Å². The van der Waals surface area contributed by atoms with E-state index in [1.54, 1.807) is 22.7 Å². The molecule has 1 aliphatic heterocycles. The number of benzene rings is 2. The third-order valence-corrected chi connectivity index (χ3v) is 6.42. The van der Waals surface area contributed by atoms with Gasteiger partial charge in [0.25, 0.3) is 5.91 Å². The van der Waals surface area contributed by atoms with Gasteiger partial charge in [0.1, 0.15) is 10.1 Å². The maximum atomic E-state index is 12.5. The number of ether oxygens (including phenoxy) is 1. The van der Waals surface area contributed by atoms with Crippen molar-refractivity contribution < 1.29 is 9.53 Å². The van der Waals surface area contributed by atoms with Crippen molar-refractivity contribution in [2.75, 3.05) is 18.9 Å². The number of rotatable bonds is 8. The lowest BCUT2D eigenvalue weighted by molar-refractivity contribution is -0.121. The molecule has 0 N–H and O–H groups in total. The molecule has 2 aromatic rings. The van der Waals surface area contributed by atoms with Crippen LogP contribution in [0.2, 0.25) is 5.02 Å². The number of para-hydroxylation sites is 1. The van der Waals surface area contributed by atoms with Crippen molar-refractivity contribution in [2.45, 2.75) is 4.90 Å². The molecule has 144 valence electrons. The van der Waals surface area contributed by atoms with Crippen LogP contribution in [-0.2, 0) is 4.79 Å². The van der Waals surface area contributed by atoms with Gasteiger partial charge in [-0.05, 0) is 36.4 Å². The number of hydrogen-bond donors (Lipinski definition) is 0. The number of carbonyl (C=O) groups is 1. The fourth-order valence-electron chi connectivity index (χ4n) is 2.50. The first-order chi connectivity index (χ1) is 13.6. The van der Waals surface area contributed by atoms with Gasteiger partial charge in [-0.1, -0.05) is 59.9 Å². The van der Waals surface area contributed by atoms with E-state index in [0.29, 0.717) is 22.4 Å². The van der Waals surface area contributed by atoms with Crippen LogP contribution in [0, 0.1) is 0 Å². The molecule has 0 radical (unpaired) electrons. The van der Waals surface area contributed by atoms with E-state index in [-0.39, 0.29) is 5.91 Å². The number of thioether (sulfide) groups is 2. The minimum Gasteiger partial charge on any atom is -0.492 e. The summed E-state index contributed by atoms with van der Waals surface area (Å²) in [5.74, 6) is 1.45. The molecule has 1 amide bonds. The van der Waals surface area contributed by atoms with Crippen molar-refractivity contribution in [3.63, 3.8) is 0 Å². The first-order valence-electron chi connectivity index (χ1n) is 8.55. The molecule has 28 heavy (non-hydrogen) atoms. The second-order valence-electron chi connectivity index (χ2n) is 5.77. The van der Waals surface area contributed by atoms with Crippen LogP contribution in [0.3, 0.4) is 0 Å². The Bertz CT molecular complexity index is 912. The number of nitrogens with zero attached hydrogens (tertiary/aromatic N) is 1. The molecular weight excluding hydrogens is 430 g/mol. The molecule has 0 spiro atoms. The largest absolute Gasteiger partial charge is 0.492 e. The Balaban J connectivity index is 1.63. The van der Waals surface area contributed by atoms with Gasteiger partial charge in [0.2, 0.25) is 0 Å². The molecule has 1 saturated heterocycles. The van der Waals surface area contributed by atoms with E-state index in [2.05, 4.69) is 6.58 Å². The van der Waals surface area contributed by atoms with Gasteiger partial charge in [0, 0.05) is 27.8 Å². The van der Waals surface area contributed by atoms with Gasteiger partial charge in [0.05, 0.1) is 11.5 Å². The maximum absolute atomic E-state index is 12.5. The second-order valence-corrected chi connectivity index (χ2v) is 9.05. The van der Waals surface area contributed by atoms with Crippen LogP contribution in [0.25, 0.3) is 6.08 Å². The van der Waals surface area contributed by atoms with Gasteiger partial charge >= 0.3 is 0 Å². The Hall–Kier alpha value is -1.73. The maximum Gasteiger partial charge on any atom is 0.266 e. The Morgan fingerprint density at radius 2 is 1.96 bits per heavy atom. The van der Waals surface area contributed by atoms with Crippen molar-refractivity contribution in [3.8, 4) is 5.75 Å². The Morgan fingerprint density at radius 3 is 2.71 bits per heavy atom. The standard InChI is InChI=1S/C21H18ClNO2S3/c1-2-11-23-20(24)19(28-21(23)26)14-15-5-3-4-6-18(15)25-12-13-27-17-9-7-16(22)8-10-17/h2-10,14H,1,11-13H2. The summed E-state index contributed by atoms with van der Waals surface area (Å²) in [4.78, 5) is 15.8. The Kier molecular flexibility index (Phi) is 7.62. The number of carbonyl (C=O) groups excluding carboxylic acids is 1. The van der Waals surface area contributed by atoms with Gasteiger partial charge in [0.15, 0.2) is 0 Å². The lowest BCUT2D eigenvalue weighted by Gasteiger charge is -2.11. The summed E-state index contributed by atoms with van der Waals surface area (Å²) in [6.07, 6.45) is 3.51. The highest BCUT2D eigenvalue weighted by Crippen LogP contribution is 2.34. The zero-order valence-electron chi connectivity index (χ0n) is 15.0. The highest BCUT2D eigenvalue weighted by Gasteiger charge is 2.31. The van der Waals surface area contributed by atoms with E-state index in [0.717, 1.165) is 27.0 Å². The average molecular weight is 448 g/mol. The minimum absolute atomic E-state index is 0.0944. The van der Waals surface area contributed by atoms with Gasteiger partial charge in [-0.3, -0.25) is 9.69 Å². The quantitative estimate of drug-likeness (QED) is 0.165. The zero-order valence-corrected chi connectivity index (χ0v) is 18.2. The number of hydrogen-bond acceptors (Lipinski definition) is 5. The number of thiocarbonyl (C=S) groups is 1. The lowest BCUT2D eigenvalue weighted by atomic mass is 10.2. The second kappa shape index (κ2) is 10.2. The molecule has 0 aromatic heterocycles. The highest BCUT2D eigenvalue weighted by atomic mass is 35.5. The summed E-state index contributed by atoms with van der Waals surface area (Å²) >= 11 is 14.2. The van der Waals surface area contributed by atoms with E-state index in [9.17, 15) is 4.79 Å². The summed E-state index contributed by atoms with van der Waals surface area (Å²) in [5, 5.41) is 0.730. The summed E-state index contributed by atoms with van der Waals surface area (Å²) in [6, 6.07) is 15.4. The van der Waals surface area contributed by atoms with E-state index in [4.69, 9.17) is 28.6 Å². The number of amides is 1. The van der Waals surface area contributed by atoms with Crippen LogP contribution in [0.4, 0.5) is 0 Å². The SMILES string of the molecule is C=CCN1C(=O)C(=Cc2ccccc2OCCSc2ccc(Cl)cc2)SC1=S. The summed E-state index contributed by atoms with van der Waals surface area (Å²) in [5.41, 5.74) is 0.859. The highest BCUT2D eigenvalue weighted by molar-refractivity contribution is 8.26. The van der Waals surface area contributed by atoms with Crippen molar-refractivity contribution >= 4 is 63.6 Å². The summed E-state index contributed by atoms with van der Waals surface area (Å²) in [7, 11) is 0. The monoisotopic (exact) mass is 447 g/mol. The molecule has 1 aliphatic rings.